The van der Waals surface area contributed by atoms with Crippen molar-refractivity contribution < 1.29 is 4.79 Å². The summed E-state index contributed by atoms with van der Waals surface area (Å²) < 4.78 is 0. The monoisotopic (exact) mass is 792 g/mol. The molecule has 0 fully saturated rings. The summed E-state index contributed by atoms with van der Waals surface area (Å²) in [5, 5.41) is 5.33. The molecule has 2 unspecified atom stereocenters. The van der Waals surface area contributed by atoms with Crippen molar-refractivity contribution in [2.24, 2.45) is 0 Å². The third-order valence-electron chi connectivity index (χ3n) is 6.83. The Kier molecular flexibility index (Phi) is 52.6. The number of aryl methyl sites for hydroxylation is 1. The Bertz CT molecular complexity index is 1240. The van der Waals surface area contributed by atoms with Crippen LogP contribution in [0.2, 0.25) is 5.02 Å². The van der Waals surface area contributed by atoms with E-state index in [0.29, 0.717) is 0 Å². The largest absolute Gasteiger partial charge is 0.379 e. The fraction of sp³-hybridized carbons (Fsp3) is 0.562. The van der Waals surface area contributed by atoms with Gasteiger partial charge in [0.2, 0.25) is 0 Å². The maximum atomic E-state index is 11.2. The van der Waals surface area contributed by atoms with Crippen LogP contribution < -0.4 is 10.6 Å². The summed E-state index contributed by atoms with van der Waals surface area (Å²) in [5.74, 6) is 0.161. The second kappa shape index (κ2) is 44.3. The molecule has 2 aliphatic rings. The van der Waals surface area contributed by atoms with Gasteiger partial charge in [0.15, 0.2) is 5.78 Å². The van der Waals surface area contributed by atoms with Gasteiger partial charge in [-0.3, -0.25) is 4.79 Å². The normalized spacial score (nSPS) is 11.5. The molecule has 2 atom stereocenters. The number of carbonyl (C=O) groups excluding carboxylic acids is 1. The molecular formula is C48H87ClNOPS. The second-order valence-corrected chi connectivity index (χ2v) is 13.2. The first kappa shape index (κ1) is 62.9. The van der Waals surface area contributed by atoms with Gasteiger partial charge in [-0.1, -0.05) is 162 Å². The minimum atomic E-state index is 0.161. The Morgan fingerprint density at radius 1 is 0.962 bits per heavy atom. The third-order valence-corrected chi connectivity index (χ3v) is 7.76. The Morgan fingerprint density at radius 2 is 1.43 bits per heavy atom. The first-order valence-electron chi connectivity index (χ1n) is 20.2. The van der Waals surface area contributed by atoms with Gasteiger partial charge in [-0.15, -0.1) is 9.24 Å². The second-order valence-electron chi connectivity index (χ2n) is 11.4. The zero-order valence-electron chi connectivity index (χ0n) is 38.5. The average Bonchev–Trinajstić information content (AvgIpc) is 3.49. The molecule has 0 amide bonds. The Balaban J connectivity index is -0.000000147. The lowest BCUT2D eigenvalue weighted by molar-refractivity contribution is -0.113. The molecule has 0 radical (unpaired) electrons. The van der Waals surface area contributed by atoms with Crippen molar-refractivity contribution in [3.8, 4) is 0 Å². The van der Waals surface area contributed by atoms with Gasteiger partial charge in [0, 0.05) is 22.9 Å². The van der Waals surface area contributed by atoms with E-state index >= 15 is 0 Å². The van der Waals surface area contributed by atoms with Crippen LogP contribution in [0.3, 0.4) is 0 Å². The molecule has 1 N–H and O–H groups in total. The van der Waals surface area contributed by atoms with Crippen molar-refractivity contribution in [2.75, 3.05) is 12.5 Å². The summed E-state index contributed by atoms with van der Waals surface area (Å²) in [7, 11) is 2.86. The number of hydrogen-bond donors (Lipinski definition) is 1. The van der Waals surface area contributed by atoms with Crippen molar-refractivity contribution in [2.45, 2.75) is 169 Å². The van der Waals surface area contributed by atoms with Crippen molar-refractivity contribution in [3.63, 3.8) is 0 Å². The van der Waals surface area contributed by atoms with Crippen LogP contribution in [0.5, 0.6) is 0 Å². The SMILES string of the molecule is C=C(NC(C)C(=C)C)c1c(Cl)cc(CC)c(CCC)c1P.CC.CC.CC.CC.CC(=O)C1=CCC=C2C=CCC2=C1.CC=C(C)C.CCC.CSC. The van der Waals surface area contributed by atoms with Crippen molar-refractivity contribution >= 4 is 49.4 Å². The fourth-order valence-electron chi connectivity index (χ4n) is 4.07. The molecule has 2 aliphatic carbocycles. The number of thioether (sulfide) groups is 1. The number of halogens is 1. The van der Waals surface area contributed by atoms with Crippen LogP contribution in [0.15, 0.2) is 83.5 Å². The highest BCUT2D eigenvalue weighted by Crippen LogP contribution is 2.29. The van der Waals surface area contributed by atoms with Crippen molar-refractivity contribution in [3.05, 3.63) is 105 Å². The third kappa shape index (κ3) is 30.9. The summed E-state index contributed by atoms with van der Waals surface area (Å²) in [5.41, 5.74) is 10.5. The van der Waals surface area contributed by atoms with Gasteiger partial charge in [-0.2, -0.15) is 11.8 Å². The van der Waals surface area contributed by atoms with Gasteiger partial charge in [0.05, 0.1) is 5.02 Å². The molecule has 0 saturated carbocycles. The van der Waals surface area contributed by atoms with E-state index < -0.39 is 0 Å². The van der Waals surface area contributed by atoms with Crippen LogP contribution in [0.25, 0.3) is 5.70 Å². The van der Waals surface area contributed by atoms with E-state index in [2.05, 4.69) is 107 Å². The zero-order valence-corrected chi connectivity index (χ0v) is 41.3. The summed E-state index contributed by atoms with van der Waals surface area (Å²) >= 11 is 8.26. The lowest BCUT2D eigenvalue weighted by Gasteiger charge is -2.22. The Hall–Kier alpha value is -2.06. The topological polar surface area (TPSA) is 29.1 Å². The molecule has 2 nitrogen and oxygen atoms in total. The molecule has 0 aromatic heterocycles. The van der Waals surface area contributed by atoms with Gasteiger partial charge in [-0.05, 0) is 119 Å². The molecule has 0 aliphatic heterocycles. The predicted molar refractivity (Wildman–Crippen MR) is 260 cm³/mol. The molecule has 1 aromatic rings. The summed E-state index contributed by atoms with van der Waals surface area (Å²) in [6.45, 7) is 44.7. The van der Waals surface area contributed by atoms with Crippen LogP contribution >= 0.6 is 32.6 Å². The number of hydrogen-bond acceptors (Lipinski definition) is 3. The van der Waals surface area contributed by atoms with Crippen LogP contribution in [0, 0.1) is 0 Å². The Labute approximate surface area is 344 Å². The van der Waals surface area contributed by atoms with Gasteiger partial charge in [0.1, 0.15) is 0 Å². The van der Waals surface area contributed by atoms with E-state index in [1.165, 1.54) is 39.6 Å². The number of carbonyl (C=O) groups is 1. The van der Waals surface area contributed by atoms with Gasteiger partial charge < -0.3 is 5.32 Å². The van der Waals surface area contributed by atoms with Crippen LogP contribution in [0.1, 0.15) is 167 Å². The maximum absolute atomic E-state index is 11.2. The van der Waals surface area contributed by atoms with E-state index in [9.17, 15) is 4.79 Å². The molecule has 53 heavy (non-hydrogen) atoms. The van der Waals surface area contributed by atoms with Crippen LogP contribution in [-0.4, -0.2) is 24.3 Å². The minimum Gasteiger partial charge on any atom is -0.379 e. The molecule has 0 bridgehead atoms. The molecule has 308 valence electrons. The number of Topliss-reactive ketones (excluding diaryl/α,β-unsaturated/α-hetero) is 1. The van der Waals surface area contributed by atoms with E-state index in [1.54, 1.807) is 18.7 Å². The highest BCUT2D eigenvalue weighted by atomic mass is 35.5. The van der Waals surface area contributed by atoms with E-state index in [0.717, 1.165) is 59.5 Å². The molecule has 0 spiro atoms. The predicted octanol–water partition coefficient (Wildman–Crippen LogP) is 16.1. The summed E-state index contributed by atoms with van der Waals surface area (Å²) in [6.07, 6.45) is 22.9. The summed E-state index contributed by atoms with van der Waals surface area (Å²) in [4.78, 5) is 11.2. The van der Waals surface area contributed by atoms with Crippen molar-refractivity contribution in [1.29, 1.82) is 0 Å². The van der Waals surface area contributed by atoms with E-state index in [-0.39, 0.29) is 11.8 Å². The average molecular weight is 793 g/mol. The van der Waals surface area contributed by atoms with Gasteiger partial charge in [0.25, 0.3) is 0 Å². The fourth-order valence-corrected chi connectivity index (χ4v) is 5.17. The van der Waals surface area contributed by atoms with Gasteiger partial charge >= 0.3 is 0 Å². The number of ketones is 1. The van der Waals surface area contributed by atoms with E-state index in [1.807, 2.05) is 93.9 Å². The highest BCUT2D eigenvalue weighted by molar-refractivity contribution is 7.97. The first-order chi connectivity index (χ1) is 25.2. The number of nitrogens with one attached hydrogen (secondary N) is 1. The smallest absolute Gasteiger partial charge is 0.159 e. The number of allylic oxidation sites excluding steroid dienone is 10. The standard InChI is InChI=1S/C18H27ClNP.C12H12O.C5H10.C3H8.C2H6S.4C2H6/c1-7-9-15-14(8-2)10-16(19)17(18(15)21)13(6)20-12(5)11(3)4;1-9(13)11-6-2-4-10-5-3-7-12(10)8-11;1-4-5(2)3;2*1-3-2;4*1-2/h10,12,20H,3,6-9,21H2,1-2,4-5H3;3-6,8H,2,7H2,1H3;4H,1-3H3;3H2,1-2H3;1-2H3;4*1-2H3. The number of benzene rings is 1. The molecular weight excluding hydrogens is 705 g/mol. The molecule has 1 aromatic carbocycles. The molecule has 3 rings (SSSR count). The molecule has 0 saturated heterocycles. The maximum Gasteiger partial charge on any atom is 0.159 e. The highest BCUT2D eigenvalue weighted by Gasteiger charge is 2.17. The quantitative estimate of drug-likeness (QED) is 0.210. The van der Waals surface area contributed by atoms with Crippen LogP contribution in [-0.2, 0) is 17.6 Å². The Morgan fingerprint density at radius 3 is 1.81 bits per heavy atom. The first-order valence-corrected chi connectivity index (χ1v) is 22.8. The number of rotatable bonds is 8. The summed E-state index contributed by atoms with van der Waals surface area (Å²) in [6, 6.07) is 2.27. The minimum absolute atomic E-state index is 0.161. The van der Waals surface area contributed by atoms with Crippen LogP contribution in [0.4, 0.5) is 0 Å². The van der Waals surface area contributed by atoms with Gasteiger partial charge in [-0.25, -0.2) is 0 Å². The molecule has 5 heteroatoms. The van der Waals surface area contributed by atoms with E-state index in [4.69, 9.17) is 11.6 Å². The lowest BCUT2D eigenvalue weighted by atomic mass is 9.96. The molecule has 0 heterocycles. The lowest BCUT2D eigenvalue weighted by Crippen LogP contribution is -2.27. The number of fused-ring (bicyclic) bond motifs is 1. The van der Waals surface area contributed by atoms with Crippen molar-refractivity contribution in [1.82, 2.24) is 5.32 Å². The zero-order chi connectivity index (χ0) is 43.1.